The number of aliphatic hydroxyl groups excluding tert-OH is 1. The van der Waals surface area contributed by atoms with Crippen LogP contribution in [0.2, 0.25) is 0 Å². The summed E-state index contributed by atoms with van der Waals surface area (Å²) in [7, 11) is 0. The van der Waals surface area contributed by atoms with Crippen molar-refractivity contribution in [2.75, 3.05) is 19.8 Å². The third kappa shape index (κ3) is 5.48. The van der Waals surface area contributed by atoms with Crippen LogP contribution in [0.15, 0.2) is 0 Å². The van der Waals surface area contributed by atoms with Crippen molar-refractivity contribution < 1.29 is 19.4 Å². The molecule has 0 aromatic heterocycles. The normalized spacial score (nSPS) is 25.6. The standard InChI is InChI=1S/C12H23NO4/c1-12(2,3)17-11(15)10-8-9(4-5-13-10)16-7-6-14/h9-10,13-14H,4-8H2,1-3H3. The maximum atomic E-state index is 11.8. The number of esters is 1. The number of carbonyl (C=O) groups excluding carboxylic acids is 1. The van der Waals surface area contributed by atoms with Crippen molar-refractivity contribution in [3.63, 3.8) is 0 Å². The molecule has 0 aromatic carbocycles. The van der Waals surface area contributed by atoms with E-state index < -0.39 is 5.60 Å². The fourth-order valence-electron chi connectivity index (χ4n) is 1.81. The molecule has 0 bridgehead atoms. The Morgan fingerprint density at radius 1 is 1.47 bits per heavy atom. The lowest BCUT2D eigenvalue weighted by Crippen LogP contribution is -2.48. The van der Waals surface area contributed by atoms with Crippen molar-refractivity contribution in [3.8, 4) is 0 Å². The molecule has 2 unspecified atom stereocenters. The molecular weight excluding hydrogens is 222 g/mol. The van der Waals surface area contributed by atoms with Crippen LogP contribution < -0.4 is 5.32 Å². The number of nitrogens with one attached hydrogen (secondary N) is 1. The number of hydrogen-bond donors (Lipinski definition) is 2. The van der Waals surface area contributed by atoms with Gasteiger partial charge >= 0.3 is 5.97 Å². The minimum absolute atomic E-state index is 0.0149. The second-order valence-electron chi connectivity index (χ2n) is 5.28. The minimum Gasteiger partial charge on any atom is -0.459 e. The van der Waals surface area contributed by atoms with Crippen LogP contribution in [-0.4, -0.2) is 48.6 Å². The van der Waals surface area contributed by atoms with E-state index in [-0.39, 0.29) is 24.7 Å². The molecule has 1 aliphatic heterocycles. The molecule has 5 heteroatoms. The van der Waals surface area contributed by atoms with Crippen molar-refractivity contribution in [3.05, 3.63) is 0 Å². The van der Waals surface area contributed by atoms with Gasteiger partial charge in [0.15, 0.2) is 0 Å². The molecule has 1 heterocycles. The van der Waals surface area contributed by atoms with Gasteiger partial charge in [0.1, 0.15) is 11.6 Å². The van der Waals surface area contributed by atoms with E-state index in [1.807, 2.05) is 20.8 Å². The highest BCUT2D eigenvalue weighted by Crippen LogP contribution is 2.16. The second kappa shape index (κ2) is 6.33. The molecule has 1 aliphatic rings. The minimum atomic E-state index is -0.461. The van der Waals surface area contributed by atoms with E-state index >= 15 is 0 Å². The van der Waals surface area contributed by atoms with Crippen LogP contribution in [0.4, 0.5) is 0 Å². The Kier molecular flexibility index (Phi) is 5.36. The van der Waals surface area contributed by atoms with Crippen LogP contribution >= 0.6 is 0 Å². The molecule has 0 aromatic rings. The van der Waals surface area contributed by atoms with E-state index in [4.69, 9.17) is 14.6 Å². The van der Waals surface area contributed by atoms with Gasteiger partial charge in [-0.2, -0.15) is 0 Å². The van der Waals surface area contributed by atoms with E-state index in [0.717, 1.165) is 13.0 Å². The highest BCUT2D eigenvalue weighted by molar-refractivity contribution is 5.76. The van der Waals surface area contributed by atoms with Crippen molar-refractivity contribution in [1.82, 2.24) is 5.32 Å². The highest BCUT2D eigenvalue weighted by atomic mass is 16.6. The second-order valence-corrected chi connectivity index (χ2v) is 5.28. The number of carbonyl (C=O) groups is 1. The van der Waals surface area contributed by atoms with Gasteiger partial charge in [0.2, 0.25) is 0 Å². The van der Waals surface area contributed by atoms with Gasteiger partial charge < -0.3 is 19.9 Å². The Hall–Kier alpha value is -0.650. The molecule has 0 radical (unpaired) electrons. The lowest BCUT2D eigenvalue weighted by atomic mass is 10.0. The third-order valence-electron chi connectivity index (χ3n) is 2.49. The van der Waals surface area contributed by atoms with Gasteiger partial charge in [0.05, 0.1) is 19.3 Å². The summed E-state index contributed by atoms with van der Waals surface area (Å²) in [6, 6.07) is -0.299. The third-order valence-corrected chi connectivity index (χ3v) is 2.49. The van der Waals surface area contributed by atoms with Crippen molar-refractivity contribution >= 4 is 5.97 Å². The molecule has 0 amide bonds. The van der Waals surface area contributed by atoms with Gasteiger partial charge in [-0.15, -0.1) is 0 Å². The Morgan fingerprint density at radius 3 is 2.76 bits per heavy atom. The van der Waals surface area contributed by atoms with Gasteiger partial charge in [-0.05, 0) is 40.2 Å². The van der Waals surface area contributed by atoms with Crippen LogP contribution in [0, 0.1) is 0 Å². The Morgan fingerprint density at radius 2 is 2.18 bits per heavy atom. The van der Waals surface area contributed by atoms with Crippen molar-refractivity contribution in [2.45, 2.75) is 51.4 Å². The Labute approximate surface area is 102 Å². The molecule has 1 rings (SSSR count). The summed E-state index contributed by atoms with van der Waals surface area (Å²) in [5.41, 5.74) is -0.461. The van der Waals surface area contributed by atoms with E-state index in [1.165, 1.54) is 0 Å². The van der Waals surface area contributed by atoms with Crippen LogP contribution in [0.1, 0.15) is 33.6 Å². The Bertz CT molecular complexity index is 249. The van der Waals surface area contributed by atoms with Crippen LogP contribution in [0.25, 0.3) is 0 Å². The summed E-state index contributed by atoms with van der Waals surface area (Å²) >= 11 is 0. The summed E-state index contributed by atoms with van der Waals surface area (Å²) in [5.74, 6) is -0.227. The number of piperidine rings is 1. The van der Waals surface area contributed by atoms with Gasteiger partial charge in [0, 0.05) is 0 Å². The maximum absolute atomic E-state index is 11.8. The van der Waals surface area contributed by atoms with Crippen LogP contribution in [0.3, 0.4) is 0 Å². The fourth-order valence-corrected chi connectivity index (χ4v) is 1.81. The van der Waals surface area contributed by atoms with E-state index in [2.05, 4.69) is 5.32 Å². The van der Waals surface area contributed by atoms with Crippen molar-refractivity contribution in [1.29, 1.82) is 0 Å². The van der Waals surface area contributed by atoms with Gasteiger partial charge in [0.25, 0.3) is 0 Å². The monoisotopic (exact) mass is 245 g/mol. The van der Waals surface area contributed by atoms with Gasteiger partial charge in [-0.1, -0.05) is 0 Å². The van der Waals surface area contributed by atoms with Gasteiger partial charge in [-0.3, -0.25) is 4.79 Å². The fraction of sp³-hybridized carbons (Fsp3) is 0.917. The topological polar surface area (TPSA) is 67.8 Å². The number of ether oxygens (including phenoxy) is 2. The molecular formula is C12H23NO4. The highest BCUT2D eigenvalue weighted by Gasteiger charge is 2.30. The predicted octanol–water partition coefficient (Wildman–Crippen LogP) is 0.458. The summed E-state index contributed by atoms with van der Waals surface area (Å²) < 4.78 is 10.8. The van der Waals surface area contributed by atoms with Crippen LogP contribution in [0.5, 0.6) is 0 Å². The summed E-state index contributed by atoms with van der Waals surface area (Å²) in [6.45, 7) is 6.64. The average molecular weight is 245 g/mol. The summed E-state index contributed by atoms with van der Waals surface area (Å²) in [6.07, 6.45) is 1.50. The van der Waals surface area contributed by atoms with E-state index in [9.17, 15) is 4.79 Å². The maximum Gasteiger partial charge on any atom is 0.323 e. The van der Waals surface area contributed by atoms with Gasteiger partial charge in [-0.25, -0.2) is 0 Å². The lowest BCUT2D eigenvalue weighted by Gasteiger charge is -2.31. The first-order valence-electron chi connectivity index (χ1n) is 6.11. The zero-order valence-corrected chi connectivity index (χ0v) is 10.9. The van der Waals surface area contributed by atoms with Crippen molar-refractivity contribution in [2.24, 2.45) is 0 Å². The first-order chi connectivity index (χ1) is 7.92. The molecule has 2 atom stereocenters. The van der Waals surface area contributed by atoms with E-state index in [1.54, 1.807) is 0 Å². The number of aliphatic hydroxyl groups is 1. The predicted molar refractivity (Wildman–Crippen MR) is 63.7 cm³/mol. The van der Waals surface area contributed by atoms with E-state index in [0.29, 0.717) is 13.0 Å². The molecule has 0 spiro atoms. The Balaban J connectivity index is 2.40. The molecule has 0 aliphatic carbocycles. The first-order valence-corrected chi connectivity index (χ1v) is 6.11. The number of rotatable bonds is 4. The molecule has 0 saturated carbocycles. The quantitative estimate of drug-likeness (QED) is 0.704. The molecule has 100 valence electrons. The zero-order chi connectivity index (χ0) is 12.9. The molecule has 1 saturated heterocycles. The molecule has 2 N–H and O–H groups in total. The molecule has 1 fully saturated rings. The van der Waals surface area contributed by atoms with Crippen LogP contribution in [-0.2, 0) is 14.3 Å². The SMILES string of the molecule is CC(C)(C)OC(=O)C1CC(OCCO)CCN1. The smallest absolute Gasteiger partial charge is 0.323 e. The summed E-state index contributed by atoms with van der Waals surface area (Å²) in [5, 5.41) is 11.8. The lowest BCUT2D eigenvalue weighted by molar-refractivity contribution is -0.159. The largest absolute Gasteiger partial charge is 0.459 e. The molecule has 17 heavy (non-hydrogen) atoms. The first kappa shape index (κ1) is 14.4. The zero-order valence-electron chi connectivity index (χ0n) is 10.9. The molecule has 5 nitrogen and oxygen atoms in total. The number of hydrogen-bond acceptors (Lipinski definition) is 5. The average Bonchev–Trinajstić information content (AvgIpc) is 2.24. The summed E-state index contributed by atoms with van der Waals surface area (Å²) in [4.78, 5) is 11.8.